The van der Waals surface area contributed by atoms with Crippen molar-refractivity contribution in [1.82, 2.24) is 0 Å². The van der Waals surface area contributed by atoms with E-state index in [0.717, 1.165) is 11.1 Å². The smallest absolute Gasteiger partial charge is 0.159 e. The monoisotopic (exact) mass is 213 g/mol. The SMILES string of the molecule is [N-]=[N+]=NC1C=C(Cc2ccccc2)C(=O)C1. The second-order valence-electron chi connectivity index (χ2n) is 3.75. The molecule has 1 unspecified atom stereocenters. The summed E-state index contributed by atoms with van der Waals surface area (Å²) >= 11 is 0. The van der Waals surface area contributed by atoms with Gasteiger partial charge in [0.25, 0.3) is 0 Å². The van der Waals surface area contributed by atoms with Gasteiger partial charge in [-0.05, 0) is 16.7 Å². The van der Waals surface area contributed by atoms with Crippen LogP contribution >= 0.6 is 0 Å². The van der Waals surface area contributed by atoms with Crippen LogP contribution in [0.15, 0.2) is 47.1 Å². The van der Waals surface area contributed by atoms with E-state index in [-0.39, 0.29) is 11.8 Å². The Hall–Kier alpha value is -2.06. The van der Waals surface area contributed by atoms with Gasteiger partial charge in [0.15, 0.2) is 5.78 Å². The maximum Gasteiger partial charge on any atom is 0.159 e. The van der Waals surface area contributed by atoms with Gasteiger partial charge >= 0.3 is 0 Å². The average molecular weight is 213 g/mol. The normalized spacial score (nSPS) is 19.1. The topological polar surface area (TPSA) is 65.8 Å². The molecule has 0 radical (unpaired) electrons. The highest BCUT2D eigenvalue weighted by atomic mass is 16.1. The fourth-order valence-corrected chi connectivity index (χ4v) is 1.82. The first-order valence-electron chi connectivity index (χ1n) is 5.11. The first-order chi connectivity index (χ1) is 7.79. The molecule has 0 amide bonds. The van der Waals surface area contributed by atoms with Crippen LogP contribution < -0.4 is 0 Å². The Morgan fingerprint density at radius 2 is 2.12 bits per heavy atom. The number of nitrogens with zero attached hydrogens (tertiary/aromatic N) is 3. The second kappa shape index (κ2) is 4.64. The van der Waals surface area contributed by atoms with E-state index in [9.17, 15) is 4.79 Å². The van der Waals surface area contributed by atoms with Crippen LogP contribution in [-0.4, -0.2) is 11.8 Å². The summed E-state index contributed by atoms with van der Waals surface area (Å²) in [5.41, 5.74) is 10.2. The summed E-state index contributed by atoms with van der Waals surface area (Å²) in [6, 6.07) is 9.50. The molecule has 0 heterocycles. The van der Waals surface area contributed by atoms with Gasteiger partial charge in [-0.15, -0.1) is 0 Å². The number of azide groups is 1. The number of ketones is 1. The highest BCUT2D eigenvalue weighted by molar-refractivity contribution is 5.98. The maximum atomic E-state index is 11.6. The number of hydrogen-bond acceptors (Lipinski definition) is 2. The van der Waals surface area contributed by atoms with Crippen LogP contribution in [0, 0.1) is 0 Å². The van der Waals surface area contributed by atoms with Gasteiger partial charge in [-0.25, -0.2) is 0 Å². The quantitative estimate of drug-likeness (QED) is 0.432. The van der Waals surface area contributed by atoms with Crippen LogP contribution in [0.4, 0.5) is 0 Å². The van der Waals surface area contributed by atoms with Crippen molar-refractivity contribution in [3.05, 3.63) is 58.0 Å². The van der Waals surface area contributed by atoms with Crippen molar-refractivity contribution in [2.75, 3.05) is 0 Å². The van der Waals surface area contributed by atoms with Crippen molar-refractivity contribution >= 4 is 5.78 Å². The van der Waals surface area contributed by atoms with Crippen molar-refractivity contribution in [2.45, 2.75) is 18.9 Å². The Morgan fingerprint density at radius 1 is 1.38 bits per heavy atom. The van der Waals surface area contributed by atoms with E-state index in [1.165, 1.54) is 0 Å². The predicted octanol–water partition coefficient (Wildman–Crippen LogP) is 2.81. The van der Waals surface area contributed by atoms with Gasteiger partial charge in [-0.1, -0.05) is 41.5 Å². The van der Waals surface area contributed by atoms with Crippen LogP contribution in [0.1, 0.15) is 12.0 Å². The highest BCUT2D eigenvalue weighted by Gasteiger charge is 2.22. The molecule has 0 saturated heterocycles. The molecule has 1 aliphatic carbocycles. The van der Waals surface area contributed by atoms with Crippen molar-refractivity contribution < 1.29 is 4.79 Å². The minimum absolute atomic E-state index is 0.0845. The number of Topliss-reactive ketones (excluding diaryl/α,β-unsaturated/α-hetero) is 1. The Kier molecular flexibility index (Phi) is 3.03. The number of hydrogen-bond donors (Lipinski definition) is 0. The minimum Gasteiger partial charge on any atom is -0.295 e. The maximum absolute atomic E-state index is 11.6. The summed E-state index contributed by atoms with van der Waals surface area (Å²) in [6.07, 6.45) is 2.71. The molecular weight excluding hydrogens is 202 g/mol. The average Bonchev–Trinajstić information content (AvgIpc) is 2.61. The third-order valence-electron chi connectivity index (χ3n) is 2.58. The second-order valence-corrected chi connectivity index (χ2v) is 3.75. The van der Waals surface area contributed by atoms with E-state index < -0.39 is 0 Å². The van der Waals surface area contributed by atoms with Crippen molar-refractivity contribution in [3.8, 4) is 0 Å². The third kappa shape index (κ3) is 2.30. The fourth-order valence-electron chi connectivity index (χ4n) is 1.82. The van der Waals surface area contributed by atoms with Crippen LogP contribution in [0.5, 0.6) is 0 Å². The fraction of sp³-hybridized carbons (Fsp3) is 0.250. The number of rotatable bonds is 3. The van der Waals surface area contributed by atoms with Crippen LogP contribution in [-0.2, 0) is 11.2 Å². The summed E-state index contributed by atoms with van der Waals surface area (Å²) < 4.78 is 0. The summed E-state index contributed by atoms with van der Waals surface area (Å²) in [4.78, 5) is 14.3. The van der Waals surface area contributed by atoms with E-state index >= 15 is 0 Å². The van der Waals surface area contributed by atoms with Gasteiger partial charge in [-0.3, -0.25) is 4.79 Å². The molecule has 0 aromatic heterocycles. The standard InChI is InChI=1S/C12H11N3O/c13-15-14-11-7-10(12(16)8-11)6-9-4-2-1-3-5-9/h1-5,7,11H,6,8H2. The molecule has 0 spiro atoms. The lowest BCUT2D eigenvalue weighted by atomic mass is 10.0. The molecule has 0 saturated carbocycles. The zero-order valence-corrected chi connectivity index (χ0v) is 8.71. The molecule has 0 aliphatic heterocycles. The molecule has 1 atom stereocenters. The lowest BCUT2D eigenvalue weighted by Crippen LogP contribution is -2.01. The summed E-state index contributed by atoms with van der Waals surface area (Å²) in [7, 11) is 0. The van der Waals surface area contributed by atoms with E-state index in [2.05, 4.69) is 10.0 Å². The molecule has 4 nitrogen and oxygen atoms in total. The highest BCUT2D eigenvalue weighted by Crippen LogP contribution is 2.21. The molecular formula is C12H11N3O. The van der Waals surface area contributed by atoms with E-state index in [4.69, 9.17) is 5.53 Å². The molecule has 4 heteroatoms. The van der Waals surface area contributed by atoms with E-state index in [1.54, 1.807) is 6.08 Å². The first kappa shape index (κ1) is 10.5. The molecule has 2 rings (SSSR count). The number of allylic oxidation sites excluding steroid dienone is 1. The predicted molar refractivity (Wildman–Crippen MR) is 60.8 cm³/mol. The number of carbonyl (C=O) groups is 1. The summed E-state index contributed by atoms with van der Waals surface area (Å²) in [5, 5.41) is 3.55. The number of carbonyl (C=O) groups excluding carboxylic acids is 1. The van der Waals surface area contributed by atoms with Gasteiger partial charge in [-0.2, -0.15) is 0 Å². The number of benzene rings is 1. The van der Waals surface area contributed by atoms with E-state index in [1.807, 2.05) is 30.3 Å². The molecule has 0 N–H and O–H groups in total. The molecule has 80 valence electrons. The Bertz CT molecular complexity index is 472. The lowest BCUT2D eigenvalue weighted by molar-refractivity contribution is -0.115. The van der Waals surface area contributed by atoms with Gasteiger partial charge in [0, 0.05) is 17.8 Å². The largest absolute Gasteiger partial charge is 0.295 e. The molecule has 0 fully saturated rings. The lowest BCUT2D eigenvalue weighted by Gasteiger charge is -2.00. The van der Waals surface area contributed by atoms with Crippen molar-refractivity contribution in [1.29, 1.82) is 0 Å². The zero-order valence-electron chi connectivity index (χ0n) is 8.71. The van der Waals surface area contributed by atoms with Gasteiger partial charge in [0.1, 0.15) is 0 Å². The molecule has 1 aliphatic rings. The summed E-state index contributed by atoms with van der Waals surface area (Å²) in [6.45, 7) is 0. The molecule has 1 aromatic rings. The first-order valence-corrected chi connectivity index (χ1v) is 5.11. The third-order valence-corrected chi connectivity index (χ3v) is 2.58. The van der Waals surface area contributed by atoms with Crippen molar-refractivity contribution in [2.24, 2.45) is 5.11 Å². The van der Waals surface area contributed by atoms with Gasteiger partial charge in [0.2, 0.25) is 0 Å². The Balaban J connectivity index is 2.13. The molecule has 1 aromatic carbocycles. The Morgan fingerprint density at radius 3 is 2.81 bits per heavy atom. The zero-order chi connectivity index (χ0) is 11.4. The van der Waals surface area contributed by atoms with Crippen molar-refractivity contribution in [3.63, 3.8) is 0 Å². The van der Waals surface area contributed by atoms with Crippen LogP contribution in [0.25, 0.3) is 10.4 Å². The van der Waals surface area contributed by atoms with Crippen LogP contribution in [0.2, 0.25) is 0 Å². The Labute approximate surface area is 93.2 Å². The molecule has 0 bridgehead atoms. The molecule has 16 heavy (non-hydrogen) atoms. The van der Waals surface area contributed by atoms with Gasteiger partial charge < -0.3 is 0 Å². The van der Waals surface area contributed by atoms with E-state index in [0.29, 0.717) is 12.8 Å². The van der Waals surface area contributed by atoms with Gasteiger partial charge in [0.05, 0.1) is 6.04 Å². The summed E-state index contributed by atoms with van der Waals surface area (Å²) in [5.74, 6) is 0.0845. The van der Waals surface area contributed by atoms with Crippen LogP contribution in [0.3, 0.4) is 0 Å². The minimum atomic E-state index is -0.295.